The van der Waals surface area contributed by atoms with Crippen LogP contribution in [0.15, 0.2) is 43.0 Å². The molecule has 3 aromatic rings. The predicted molar refractivity (Wildman–Crippen MR) is 154 cm³/mol. The van der Waals surface area contributed by atoms with Crippen LogP contribution < -0.4 is 15.5 Å². The number of amides is 1. The number of carbonyl (C=O) groups is 1. The predicted octanol–water partition coefficient (Wildman–Crippen LogP) is 7.07. The van der Waals surface area contributed by atoms with E-state index in [1.807, 2.05) is 66.7 Å². The number of carbonyl (C=O) groups excluding carboxylic acids is 1. The fourth-order valence-corrected chi connectivity index (χ4v) is 3.77. The summed E-state index contributed by atoms with van der Waals surface area (Å²) in [5, 5.41) is 6.36. The van der Waals surface area contributed by atoms with E-state index in [4.69, 9.17) is 0 Å². The molecule has 0 saturated heterocycles. The molecule has 1 heterocycles. The standard InChI is InChI=1S/C26H29F2N5O.2C2H6/c1-15(2)30-17(4)19-11-10-16(3)20(12-19)24-21(13-29-6)26(32-18(5)31-24)33(14-34)25-22(27)8-7-9-23(25)28;2*1-2/h7-12,14-15,29-30H,4,13H2,1-3,5-6H3;2*1-2H3. The number of hydrogen-bond donors (Lipinski definition) is 2. The first-order valence-corrected chi connectivity index (χ1v) is 12.9. The maximum absolute atomic E-state index is 14.6. The van der Waals surface area contributed by atoms with Gasteiger partial charge in [0.15, 0.2) is 0 Å². The number of rotatable bonds is 9. The van der Waals surface area contributed by atoms with Crippen molar-refractivity contribution in [3.8, 4) is 11.3 Å². The van der Waals surface area contributed by atoms with Gasteiger partial charge in [0.2, 0.25) is 6.41 Å². The van der Waals surface area contributed by atoms with Gasteiger partial charge in [-0.15, -0.1) is 0 Å². The van der Waals surface area contributed by atoms with Gasteiger partial charge >= 0.3 is 0 Å². The Morgan fingerprint density at radius 1 is 1.05 bits per heavy atom. The van der Waals surface area contributed by atoms with Crippen molar-refractivity contribution in [2.45, 2.75) is 68.0 Å². The van der Waals surface area contributed by atoms with Crippen LogP contribution in [-0.2, 0) is 11.3 Å². The first-order valence-electron chi connectivity index (χ1n) is 12.9. The third-order valence-electron chi connectivity index (χ3n) is 5.27. The Balaban J connectivity index is 0.00000172. The summed E-state index contributed by atoms with van der Waals surface area (Å²) in [7, 11) is 1.74. The van der Waals surface area contributed by atoms with Gasteiger partial charge in [0, 0.05) is 29.4 Å². The molecule has 1 amide bonds. The average molecular weight is 526 g/mol. The highest BCUT2D eigenvalue weighted by Gasteiger charge is 2.25. The van der Waals surface area contributed by atoms with Crippen LogP contribution in [0.1, 0.15) is 64.1 Å². The topological polar surface area (TPSA) is 70.2 Å². The number of para-hydroxylation sites is 1. The van der Waals surface area contributed by atoms with Crippen molar-refractivity contribution in [1.29, 1.82) is 0 Å². The van der Waals surface area contributed by atoms with Crippen LogP contribution in [0.5, 0.6) is 0 Å². The summed E-state index contributed by atoms with van der Waals surface area (Å²) in [6, 6.07) is 9.55. The number of nitrogens with zero attached hydrogens (tertiary/aromatic N) is 3. The maximum atomic E-state index is 14.6. The van der Waals surface area contributed by atoms with Gasteiger partial charge in [-0.25, -0.2) is 18.7 Å². The van der Waals surface area contributed by atoms with Crippen molar-refractivity contribution in [3.05, 3.63) is 77.1 Å². The Bertz CT molecular complexity index is 1210. The van der Waals surface area contributed by atoms with Gasteiger partial charge in [0.05, 0.1) is 5.69 Å². The molecule has 0 spiro atoms. The molecular formula is C30H41F2N5O. The fourth-order valence-electron chi connectivity index (χ4n) is 3.77. The van der Waals surface area contributed by atoms with Crippen molar-refractivity contribution < 1.29 is 13.6 Å². The SMILES string of the molecule is C=C(NC(C)C)c1ccc(C)c(-c2nc(C)nc(N(C=O)c3c(F)cccc3F)c2CNC)c1.CC.CC. The van der Waals surface area contributed by atoms with E-state index in [1.165, 1.54) is 6.07 Å². The lowest BCUT2D eigenvalue weighted by Crippen LogP contribution is -2.23. The first-order chi connectivity index (χ1) is 18.2. The summed E-state index contributed by atoms with van der Waals surface area (Å²) in [5.74, 6) is -1.26. The Morgan fingerprint density at radius 3 is 2.18 bits per heavy atom. The maximum Gasteiger partial charge on any atom is 0.220 e. The quantitative estimate of drug-likeness (QED) is 0.292. The molecule has 0 fully saturated rings. The second kappa shape index (κ2) is 15.6. The number of halogens is 2. The minimum atomic E-state index is -0.866. The molecule has 206 valence electrons. The molecule has 0 aliphatic heterocycles. The minimum Gasteiger partial charge on any atom is -0.383 e. The Labute approximate surface area is 226 Å². The number of anilines is 2. The van der Waals surface area contributed by atoms with E-state index in [0.717, 1.165) is 39.4 Å². The average Bonchev–Trinajstić information content (AvgIpc) is 2.89. The van der Waals surface area contributed by atoms with Crippen molar-refractivity contribution in [3.63, 3.8) is 0 Å². The zero-order valence-electron chi connectivity index (χ0n) is 24.0. The second-order valence-electron chi connectivity index (χ2n) is 8.30. The molecule has 0 atom stereocenters. The van der Waals surface area contributed by atoms with Crippen LogP contribution in [0.4, 0.5) is 20.3 Å². The van der Waals surface area contributed by atoms with Gasteiger partial charge in [-0.2, -0.15) is 0 Å². The zero-order chi connectivity index (χ0) is 29.0. The lowest BCUT2D eigenvalue weighted by molar-refractivity contribution is -0.106. The molecule has 0 radical (unpaired) electrons. The Kier molecular flexibility index (Phi) is 13.3. The van der Waals surface area contributed by atoms with E-state index in [9.17, 15) is 13.6 Å². The minimum absolute atomic E-state index is 0.111. The van der Waals surface area contributed by atoms with Crippen molar-refractivity contribution in [1.82, 2.24) is 20.6 Å². The van der Waals surface area contributed by atoms with Crippen LogP contribution >= 0.6 is 0 Å². The number of aryl methyl sites for hydroxylation is 2. The number of nitrogens with one attached hydrogen (secondary N) is 2. The summed E-state index contributed by atoms with van der Waals surface area (Å²) in [6.45, 7) is 20.1. The molecule has 0 aliphatic carbocycles. The first kappa shape index (κ1) is 32.4. The van der Waals surface area contributed by atoms with Crippen LogP contribution in [0, 0.1) is 25.5 Å². The summed E-state index contributed by atoms with van der Waals surface area (Å²) >= 11 is 0. The third kappa shape index (κ3) is 7.68. The van der Waals surface area contributed by atoms with Crippen molar-refractivity contribution in [2.24, 2.45) is 0 Å². The molecule has 3 rings (SSSR count). The highest BCUT2D eigenvalue weighted by atomic mass is 19.1. The Hall–Kier alpha value is -3.65. The zero-order valence-corrected chi connectivity index (χ0v) is 24.0. The largest absolute Gasteiger partial charge is 0.383 e. The molecule has 0 unspecified atom stereocenters. The molecule has 2 N–H and O–H groups in total. The van der Waals surface area contributed by atoms with E-state index in [2.05, 4.69) is 27.2 Å². The lowest BCUT2D eigenvalue weighted by atomic mass is 9.97. The van der Waals surface area contributed by atoms with E-state index >= 15 is 0 Å². The monoisotopic (exact) mass is 525 g/mol. The van der Waals surface area contributed by atoms with E-state index in [-0.39, 0.29) is 18.4 Å². The second-order valence-corrected chi connectivity index (χ2v) is 8.30. The van der Waals surface area contributed by atoms with Gasteiger partial charge in [-0.3, -0.25) is 9.69 Å². The van der Waals surface area contributed by atoms with Gasteiger partial charge < -0.3 is 10.6 Å². The van der Waals surface area contributed by atoms with E-state index < -0.39 is 17.3 Å². The van der Waals surface area contributed by atoms with Crippen LogP contribution in [0.2, 0.25) is 0 Å². The molecule has 0 bridgehead atoms. The highest BCUT2D eigenvalue weighted by Crippen LogP contribution is 2.36. The summed E-state index contributed by atoms with van der Waals surface area (Å²) in [4.78, 5) is 22.1. The molecule has 2 aromatic carbocycles. The van der Waals surface area contributed by atoms with Gasteiger partial charge in [-0.1, -0.05) is 52.5 Å². The highest BCUT2D eigenvalue weighted by molar-refractivity contribution is 5.89. The summed E-state index contributed by atoms with van der Waals surface area (Å²) in [6.07, 6.45) is 0.365. The van der Waals surface area contributed by atoms with Gasteiger partial charge in [-0.05, 0) is 64.1 Å². The van der Waals surface area contributed by atoms with Crippen LogP contribution in [0.3, 0.4) is 0 Å². The van der Waals surface area contributed by atoms with E-state index in [0.29, 0.717) is 23.5 Å². The van der Waals surface area contributed by atoms with Crippen LogP contribution in [-0.4, -0.2) is 29.5 Å². The number of benzene rings is 2. The normalized spacial score (nSPS) is 10.1. The summed E-state index contributed by atoms with van der Waals surface area (Å²) in [5.41, 5.74) is 4.01. The summed E-state index contributed by atoms with van der Waals surface area (Å²) < 4.78 is 29.2. The van der Waals surface area contributed by atoms with Crippen LogP contribution in [0.25, 0.3) is 17.0 Å². The number of aromatic nitrogens is 2. The lowest BCUT2D eigenvalue weighted by Gasteiger charge is -2.23. The Morgan fingerprint density at radius 2 is 1.66 bits per heavy atom. The molecule has 0 aliphatic rings. The fraction of sp³-hybridized carbons (Fsp3) is 0.367. The van der Waals surface area contributed by atoms with Gasteiger partial charge in [0.1, 0.15) is 29.0 Å². The molecule has 8 heteroatoms. The molecule has 0 saturated carbocycles. The van der Waals surface area contributed by atoms with E-state index in [1.54, 1.807) is 14.0 Å². The molecule has 38 heavy (non-hydrogen) atoms. The van der Waals surface area contributed by atoms with Gasteiger partial charge in [0.25, 0.3) is 0 Å². The van der Waals surface area contributed by atoms with Crippen molar-refractivity contribution in [2.75, 3.05) is 11.9 Å². The number of hydrogen-bond acceptors (Lipinski definition) is 5. The smallest absolute Gasteiger partial charge is 0.220 e. The molecule has 6 nitrogen and oxygen atoms in total. The molecule has 1 aromatic heterocycles. The molecular weight excluding hydrogens is 484 g/mol. The third-order valence-corrected chi connectivity index (χ3v) is 5.27. The van der Waals surface area contributed by atoms with Crippen molar-refractivity contribution >= 4 is 23.6 Å².